The highest BCUT2D eigenvalue weighted by Crippen LogP contribution is 1.71. The average molecular weight is 254 g/mol. The van der Waals surface area contributed by atoms with E-state index in [1.54, 1.807) is 0 Å². The molecule has 0 radical (unpaired) electrons. The van der Waals surface area contributed by atoms with Crippen molar-refractivity contribution in [3.05, 3.63) is 0 Å². The van der Waals surface area contributed by atoms with E-state index in [0.29, 0.717) is 14.4 Å². The molecule has 0 aliphatic rings. The Bertz CT molecular complexity index is 38.3. The van der Waals surface area contributed by atoms with Gasteiger partial charge < -0.3 is 4.74 Å². The predicted molar refractivity (Wildman–Crippen MR) is 41.3 cm³/mol. The first kappa shape index (κ1) is 29.3. The second-order valence-electron chi connectivity index (χ2n) is 0.624. The summed E-state index contributed by atoms with van der Waals surface area (Å²) in [6.45, 7) is -5.56. The van der Waals surface area contributed by atoms with Gasteiger partial charge in [-0.05, 0) is 0 Å². The SMILES string of the molecule is CF.CF.FCF.FCF.FCOCF. The van der Waals surface area contributed by atoms with Crippen LogP contribution < -0.4 is 0 Å². The van der Waals surface area contributed by atoms with Crippen LogP contribution in [0.5, 0.6) is 0 Å². The van der Waals surface area contributed by atoms with Gasteiger partial charge >= 0.3 is 0 Å². The Labute approximate surface area is 83.0 Å². The lowest BCUT2D eigenvalue weighted by Gasteiger charge is -1.80. The highest BCUT2D eigenvalue weighted by atomic mass is 19.3. The van der Waals surface area contributed by atoms with Crippen LogP contribution in [0.25, 0.3) is 0 Å². The summed E-state index contributed by atoms with van der Waals surface area (Å²) in [5.74, 6) is 0. The molecule has 100 valence electrons. The van der Waals surface area contributed by atoms with Crippen LogP contribution in [-0.2, 0) is 4.74 Å². The summed E-state index contributed by atoms with van der Waals surface area (Å²) in [7, 11) is 1.00. The lowest BCUT2D eigenvalue weighted by Crippen LogP contribution is -1.80. The molecule has 0 unspecified atom stereocenters. The molecule has 15 heavy (non-hydrogen) atoms. The molecule has 0 aliphatic heterocycles. The lowest BCUT2D eigenvalue weighted by atomic mass is 11.4. The van der Waals surface area contributed by atoms with Crippen LogP contribution in [-0.4, -0.2) is 41.9 Å². The van der Waals surface area contributed by atoms with E-state index in [1.807, 2.05) is 0 Å². The molecule has 1 nitrogen and oxygen atoms in total. The summed E-state index contributed by atoms with van der Waals surface area (Å²) >= 11 is 0. The molecule has 0 aromatic heterocycles. The second kappa shape index (κ2) is 106. The topological polar surface area (TPSA) is 9.23 Å². The molecule has 0 amide bonds. The van der Waals surface area contributed by atoms with E-state index in [-0.39, 0.29) is 0 Å². The zero-order valence-corrected chi connectivity index (χ0v) is 8.26. The van der Waals surface area contributed by atoms with Crippen LogP contribution in [0.3, 0.4) is 0 Å². The molecule has 0 aliphatic carbocycles. The quantitative estimate of drug-likeness (QED) is 0.681. The first-order chi connectivity index (χ1) is 7.24. The van der Waals surface area contributed by atoms with E-state index in [9.17, 15) is 35.1 Å². The minimum absolute atomic E-state index is 0.500. The van der Waals surface area contributed by atoms with Crippen LogP contribution >= 0.6 is 0 Å². The van der Waals surface area contributed by atoms with E-state index in [4.69, 9.17) is 0 Å². The van der Waals surface area contributed by atoms with Crippen molar-refractivity contribution < 1.29 is 39.9 Å². The molecular weight excluding hydrogens is 240 g/mol. The van der Waals surface area contributed by atoms with E-state index in [2.05, 4.69) is 4.74 Å². The van der Waals surface area contributed by atoms with Gasteiger partial charge in [-0.1, -0.05) is 0 Å². The molecule has 9 heteroatoms. The molecular formula is C6H14F8O. The first-order valence-electron chi connectivity index (χ1n) is 2.94. The Morgan fingerprint density at radius 3 is 0.733 bits per heavy atom. The Morgan fingerprint density at radius 1 is 0.600 bits per heavy atom. The summed E-state index contributed by atoms with van der Waals surface area (Å²) in [5.41, 5.74) is 0. The molecule has 0 spiro atoms. The third-order valence-corrected chi connectivity index (χ3v) is 0.154. The van der Waals surface area contributed by atoms with Crippen LogP contribution in [0.1, 0.15) is 0 Å². The monoisotopic (exact) mass is 254 g/mol. The smallest absolute Gasteiger partial charge is 0.229 e. The fourth-order valence-electron chi connectivity index (χ4n) is 0.0292. The van der Waals surface area contributed by atoms with Gasteiger partial charge in [0.2, 0.25) is 13.9 Å². The Kier molecular flexibility index (Phi) is 208. The number of ether oxygens (including phenoxy) is 1. The maximum atomic E-state index is 10.5. The maximum absolute atomic E-state index is 10.5. The summed E-state index contributed by atoms with van der Waals surface area (Å²) in [6, 6.07) is 0. The largest absolute Gasteiger partial charge is 0.319 e. The predicted octanol–water partition coefficient (Wildman–Crippen LogP) is 3.79. The van der Waals surface area contributed by atoms with E-state index in [0.717, 1.165) is 0 Å². The molecule has 0 fully saturated rings. The average Bonchev–Trinajstić information content (AvgIpc) is 2.27. The Hall–Kier alpha value is -0.600. The molecule has 0 rings (SSSR count). The van der Waals surface area contributed by atoms with Crippen molar-refractivity contribution in [1.29, 1.82) is 0 Å². The fourth-order valence-corrected chi connectivity index (χ4v) is 0.0292. The molecule has 0 bridgehead atoms. The van der Waals surface area contributed by atoms with Crippen molar-refractivity contribution in [2.24, 2.45) is 0 Å². The van der Waals surface area contributed by atoms with Crippen molar-refractivity contribution in [3.63, 3.8) is 0 Å². The third-order valence-electron chi connectivity index (χ3n) is 0.154. The minimum atomic E-state index is -1.75. The number of alkyl halides is 8. The van der Waals surface area contributed by atoms with Gasteiger partial charge in [-0.2, -0.15) is 0 Å². The van der Waals surface area contributed by atoms with Gasteiger partial charge in [0, 0.05) is 0 Å². The van der Waals surface area contributed by atoms with Gasteiger partial charge in [-0.15, -0.1) is 0 Å². The lowest BCUT2D eigenvalue weighted by molar-refractivity contribution is 0.00298. The highest BCUT2D eigenvalue weighted by molar-refractivity contribution is 3.85. The van der Waals surface area contributed by atoms with Gasteiger partial charge in [0.25, 0.3) is 0 Å². The molecule has 0 aromatic rings. The number of hydrogen-bond acceptors (Lipinski definition) is 1. The zero-order chi connectivity index (χ0) is 13.5. The zero-order valence-electron chi connectivity index (χ0n) is 8.26. The van der Waals surface area contributed by atoms with Crippen molar-refractivity contribution in [2.45, 2.75) is 0 Å². The van der Waals surface area contributed by atoms with Crippen LogP contribution in [0.2, 0.25) is 0 Å². The van der Waals surface area contributed by atoms with E-state index in [1.165, 1.54) is 0 Å². The van der Waals surface area contributed by atoms with Crippen molar-refractivity contribution in [1.82, 2.24) is 0 Å². The minimum Gasteiger partial charge on any atom is -0.319 e. The summed E-state index contributed by atoms with van der Waals surface area (Å²) in [4.78, 5) is 0. The third kappa shape index (κ3) is 889. The molecule has 0 N–H and O–H groups in total. The number of hydrogen-bond donors (Lipinski definition) is 0. The molecule has 0 atom stereocenters. The fraction of sp³-hybridized carbons (Fsp3) is 1.00. The van der Waals surface area contributed by atoms with Crippen LogP contribution in [0, 0.1) is 0 Å². The molecule has 0 saturated heterocycles. The summed E-state index contributed by atoms with van der Waals surface area (Å²) < 4.78 is 82.1. The van der Waals surface area contributed by atoms with Gasteiger partial charge in [0.15, 0.2) is 13.7 Å². The second-order valence-corrected chi connectivity index (χ2v) is 0.624. The Balaban J connectivity index is -0.0000000296. The van der Waals surface area contributed by atoms with Gasteiger partial charge in [-0.25, -0.2) is 26.3 Å². The highest BCUT2D eigenvalue weighted by Gasteiger charge is 1.70. The van der Waals surface area contributed by atoms with Crippen LogP contribution in [0.15, 0.2) is 0 Å². The van der Waals surface area contributed by atoms with E-state index >= 15 is 0 Å². The van der Waals surface area contributed by atoms with Gasteiger partial charge in [-0.3, -0.25) is 8.78 Å². The summed E-state index contributed by atoms with van der Waals surface area (Å²) in [5, 5.41) is 0. The molecule has 0 saturated carbocycles. The van der Waals surface area contributed by atoms with E-state index < -0.39 is 27.6 Å². The normalized spacial score (nSPS) is 6.00. The number of halogens is 8. The molecule has 0 aromatic carbocycles. The first-order valence-corrected chi connectivity index (χ1v) is 2.94. The van der Waals surface area contributed by atoms with Gasteiger partial charge in [0.1, 0.15) is 0 Å². The number of rotatable bonds is 2. The van der Waals surface area contributed by atoms with Gasteiger partial charge in [0.05, 0.1) is 14.4 Å². The van der Waals surface area contributed by atoms with Crippen molar-refractivity contribution >= 4 is 0 Å². The Morgan fingerprint density at radius 2 is 0.733 bits per heavy atom. The summed E-state index contributed by atoms with van der Waals surface area (Å²) in [6.07, 6.45) is 0. The van der Waals surface area contributed by atoms with Crippen molar-refractivity contribution in [3.8, 4) is 0 Å². The standard InChI is InChI=1S/C2H4F2O.2CH2F2.2CH3F/c3-1-5-2-4;2*2-1-3;2*1-2/h1-2H2;2*1H2;2*1H3. The van der Waals surface area contributed by atoms with Crippen molar-refractivity contribution in [2.75, 3.05) is 41.9 Å². The molecule has 0 heterocycles. The van der Waals surface area contributed by atoms with Crippen LogP contribution in [0.4, 0.5) is 35.1 Å². The maximum Gasteiger partial charge on any atom is 0.229 e.